The van der Waals surface area contributed by atoms with Crippen LogP contribution in [0.25, 0.3) is 0 Å². The quantitative estimate of drug-likeness (QED) is 0.526. The van der Waals surface area contributed by atoms with Crippen molar-refractivity contribution in [2.75, 3.05) is 0 Å². The lowest BCUT2D eigenvalue weighted by Gasteiger charge is -2.45. The Labute approximate surface area is 180 Å². The van der Waals surface area contributed by atoms with Gasteiger partial charge in [0.25, 0.3) is 0 Å². The zero-order chi connectivity index (χ0) is 21.8. The standard InChI is InChI=1S/C27H38Si2/c1-19-12-11-13-24(14-19)29(10,27(6)18-21(3)22(4)23(27)5)26-16-20(2)15-25(17-26)28(7,8)9/h11-18H,1-10H3. The molecule has 0 aromatic heterocycles. The van der Waals surface area contributed by atoms with Crippen molar-refractivity contribution in [1.82, 2.24) is 0 Å². The first kappa shape index (κ1) is 22.0. The lowest BCUT2D eigenvalue weighted by atomic mass is 10.0. The molecule has 1 aliphatic carbocycles. The van der Waals surface area contributed by atoms with E-state index in [0.717, 1.165) is 0 Å². The van der Waals surface area contributed by atoms with Gasteiger partial charge in [0.05, 0.1) is 8.07 Å². The molecular weight excluding hydrogens is 380 g/mol. The summed E-state index contributed by atoms with van der Waals surface area (Å²) in [7, 11) is -3.52. The normalized spacial score (nSPS) is 21.9. The van der Waals surface area contributed by atoms with Gasteiger partial charge in [0, 0.05) is 5.04 Å². The Balaban J connectivity index is 2.40. The second-order valence-corrected chi connectivity index (χ2v) is 20.1. The molecule has 0 heterocycles. The van der Waals surface area contributed by atoms with Gasteiger partial charge in [0.15, 0.2) is 0 Å². The van der Waals surface area contributed by atoms with Crippen LogP contribution in [0.2, 0.25) is 31.2 Å². The third-order valence-corrected chi connectivity index (χ3v) is 15.1. The summed E-state index contributed by atoms with van der Waals surface area (Å²) in [4.78, 5) is 0. The summed E-state index contributed by atoms with van der Waals surface area (Å²) in [6, 6.07) is 16.9. The van der Waals surface area contributed by atoms with E-state index >= 15 is 0 Å². The largest absolute Gasteiger partial charge is 0.128 e. The Morgan fingerprint density at radius 3 is 1.79 bits per heavy atom. The maximum absolute atomic E-state index is 2.61. The van der Waals surface area contributed by atoms with Crippen LogP contribution in [0.15, 0.2) is 65.3 Å². The van der Waals surface area contributed by atoms with Crippen LogP contribution >= 0.6 is 0 Å². The fourth-order valence-corrected chi connectivity index (χ4v) is 11.4. The summed E-state index contributed by atoms with van der Waals surface area (Å²) >= 11 is 0. The summed E-state index contributed by atoms with van der Waals surface area (Å²) in [5, 5.41) is 4.80. The molecule has 0 fully saturated rings. The number of hydrogen-bond acceptors (Lipinski definition) is 0. The molecule has 2 unspecified atom stereocenters. The molecule has 0 N–H and O–H groups in total. The summed E-state index contributed by atoms with van der Waals surface area (Å²) in [6.45, 7) is 24.0. The molecule has 2 aromatic carbocycles. The van der Waals surface area contributed by atoms with Crippen LogP contribution in [0.3, 0.4) is 0 Å². The number of hydrogen-bond donors (Lipinski definition) is 0. The molecule has 0 nitrogen and oxygen atoms in total. The van der Waals surface area contributed by atoms with E-state index in [1.807, 2.05) is 0 Å². The highest BCUT2D eigenvalue weighted by Gasteiger charge is 2.51. The van der Waals surface area contributed by atoms with Gasteiger partial charge in [-0.05, 0) is 40.2 Å². The van der Waals surface area contributed by atoms with Gasteiger partial charge >= 0.3 is 0 Å². The van der Waals surface area contributed by atoms with Crippen molar-refractivity contribution in [1.29, 1.82) is 0 Å². The first-order valence-electron chi connectivity index (χ1n) is 10.9. The van der Waals surface area contributed by atoms with E-state index in [-0.39, 0.29) is 5.04 Å². The molecule has 0 saturated carbocycles. The maximum atomic E-state index is 2.61. The molecule has 1 aliphatic rings. The topological polar surface area (TPSA) is 0 Å². The van der Waals surface area contributed by atoms with Crippen LogP contribution in [0.4, 0.5) is 0 Å². The van der Waals surface area contributed by atoms with Gasteiger partial charge in [-0.1, -0.05) is 119 Å². The van der Waals surface area contributed by atoms with E-state index in [0.29, 0.717) is 0 Å². The van der Waals surface area contributed by atoms with E-state index in [2.05, 4.69) is 116 Å². The Hall–Kier alpha value is -1.65. The zero-order valence-electron chi connectivity index (χ0n) is 20.1. The minimum absolute atomic E-state index is 0.0828. The molecule has 2 atom stereocenters. The van der Waals surface area contributed by atoms with E-state index in [9.17, 15) is 0 Å². The second kappa shape index (κ2) is 7.25. The third kappa shape index (κ3) is 3.55. The average Bonchev–Trinajstić information content (AvgIpc) is 2.83. The Morgan fingerprint density at radius 2 is 1.28 bits per heavy atom. The molecule has 0 bridgehead atoms. The van der Waals surface area contributed by atoms with Crippen molar-refractivity contribution in [2.45, 2.75) is 72.8 Å². The van der Waals surface area contributed by atoms with Crippen LogP contribution in [0.1, 0.15) is 38.8 Å². The minimum Gasteiger partial charge on any atom is -0.0733 e. The van der Waals surface area contributed by atoms with Crippen LogP contribution in [0, 0.1) is 13.8 Å². The Bertz CT molecular complexity index is 1020. The van der Waals surface area contributed by atoms with Gasteiger partial charge in [0.2, 0.25) is 0 Å². The number of allylic oxidation sites excluding steroid dienone is 4. The summed E-state index contributed by atoms with van der Waals surface area (Å²) in [6.07, 6.45) is 2.59. The molecule has 154 valence electrons. The van der Waals surface area contributed by atoms with Crippen molar-refractivity contribution >= 4 is 31.7 Å². The number of rotatable bonds is 4. The van der Waals surface area contributed by atoms with Gasteiger partial charge in [-0.15, -0.1) is 0 Å². The first-order valence-corrected chi connectivity index (χ1v) is 16.9. The van der Waals surface area contributed by atoms with Crippen LogP contribution in [-0.4, -0.2) is 16.1 Å². The van der Waals surface area contributed by atoms with Crippen molar-refractivity contribution in [2.24, 2.45) is 0 Å². The van der Waals surface area contributed by atoms with Crippen molar-refractivity contribution in [3.63, 3.8) is 0 Å². The third-order valence-electron chi connectivity index (χ3n) is 7.59. The molecule has 0 radical (unpaired) electrons. The number of benzene rings is 2. The molecule has 0 saturated heterocycles. The van der Waals surface area contributed by atoms with Gasteiger partial charge in [0.1, 0.15) is 8.07 Å². The SMILES string of the molecule is CC1=CC(C)([Si](C)(c2cccc(C)c2)c2cc(C)cc([Si](C)(C)C)c2)C(C)=C1C. The molecule has 2 heteroatoms. The van der Waals surface area contributed by atoms with E-state index in [1.54, 1.807) is 21.1 Å². The Kier molecular flexibility index (Phi) is 5.51. The number of aryl methyl sites for hydroxylation is 2. The minimum atomic E-state index is -2.12. The smallest absolute Gasteiger partial charge is 0.0733 e. The van der Waals surface area contributed by atoms with Crippen LogP contribution < -0.4 is 15.6 Å². The molecule has 0 amide bonds. The first-order chi connectivity index (χ1) is 13.3. The highest BCUT2D eigenvalue weighted by Crippen LogP contribution is 2.52. The highest BCUT2D eigenvalue weighted by molar-refractivity contribution is 7.04. The fourth-order valence-electron chi connectivity index (χ4n) is 5.08. The van der Waals surface area contributed by atoms with E-state index in [1.165, 1.54) is 22.3 Å². The van der Waals surface area contributed by atoms with E-state index in [4.69, 9.17) is 0 Å². The van der Waals surface area contributed by atoms with Gasteiger partial charge in [-0.2, -0.15) is 0 Å². The molecule has 3 rings (SSSR count). The lowest BCUT2D eigenvalue weighted by molar-refractivity contribution is 0.864. The molecule has 29 heavy (non-hydrogen) atoms. The van der Waals surface area contributed by atoms with Gasteiger partial charge in [-0.25, -0.2) is 0 Å². The molecular formula is C27H38Si2. The van der Waals surface area contributed by atoms with Gasteiger partial charge in [-0.3, -0.25) is 0 Å². The van der Waals surface area contributed by atoms with Crippen LogP contribution in [-0.2, 0) is 0 Å². The zero-order valence-corrected chi connectivity index (χ0v) is 22.1. The molecule has 0 aliphatic heterocycles. The van der Waals surface area contributed by atoms with Crippen molar-refractivity contribution in [3.05, 3.63) is 76.4 Å². The highest BCUT2D eigenvalue weighted by atomic mass is 28.3. The van der Waals surface area contributed by atoms with Crippen molar-refractivity contribution in [3.8, 4) is 0 Å². The summed E-state index contributed by atoms with van der Waals surface area (Å²) in [5.41, 5.74) is 7.26. The monoisotopic (exact) mass is 418 g/mol. The predicted molar refractivity (Wildman–Crippen MR) is 137 cm³/mol. The predicted octanol–water partition coefficient (Wildman–Crippen LogP) is 6.10. The second-order valence-electron chi connectivity index (χ2n) is 10.6. The fraction of sp³-hybridized carbons (Fsp3) is 0.407. The van der Waals surface area contributed by atoms with Crippen LogP contribution in [0.5, 0.6) is 0 Å². The average molecular weight is 419 g/mol. The molecule has 2 aromatic rings. The van der Waals surface area contributed by atoms with Gasteiger partial charge < -0.3 is 0 Å². The summed E-state index contributed by atoms with van der Waals surface area (Å²) in [5.74, 6) is 0. The Morgan fingerprint density at radius 1 is 0.690 bits per heavy atom. The summed E-state index contributed by atoms with van der Waals surface area (Å²) < 4.78 is 0. The van der Waals surface area contributed by atoms with Crippen molar-refractivity contribution < 1.29 is 0 Å². The molecule has 0 spiro atoms. The lowest BCUT2D eigenvalue weighted by Crippen LogP contribution is -2.64. The maximum Gasteiger partial charge on any atom is 0.128 e. The van der Waals surface area contributed by atoms with E-state index < -0.39 is 16.1 Å².